The fraction of sp³-hybridized carbons (Fsp3) is 0.875. The molecule has 16 heavy (non-hydrogen) atoms. The van der Waals surface area contributed by atoms with Gasteiger partial charge < -0.3 is 10.1 Å². The molecule has 0 aromatic carbocycles. The first kappa shape index (κ1) is 14.3. The Balaban J connectivity index is 2.66. The molecule has 94 valence electrons. The van der Waals surface area contributed by atoms with Crippen molar-refractivity contribution < 1.29 is 13.9 Å². The quantitative estimate of drug-likeness (QED) is 0.792. The summed E-state index contributed by atoms with van der Waals surface area (Å²) < 4.78 is 15.5. The lowest BCUT2D eigenvalue weighted by Crippen LogP contribution is -2.58. The van der Waals surface area contributed by atoms with E-state index in [-0.39, 0.29) is 0 Å². The number of carbonyl (C=O) groups excluding carboxylic acids is 1. The Kier molecular flexibility index (Phi) is 5.53. The molecule has 1 aliphatic heterocycles. The van der Waals surface area contributed by atoms with Crippen LogP contribution < -0.4 is 5.32 Å². The number of hydrogen-bond donors (Lipinski definition) is 1. The maximum Gasteiger partial charge on any atom is 0.252 e. The normalized spacial score (nSPS) is 20.5. The van der Waals surface area contributed by atoms with Gasteiger partial charge >= 0.3 is 0 Å². The van der Waals surface area contributed by atoms with Gasteiger partial charge in [0.15, 0.2) is 6.67 Å². The summed E-state index contributed by atoms with van der Waals surface area (Å²) >= 11 is 17.2. The van der Waals surface area contributed by atoms with E-state index in [2.05, 4.69) is 5.32 Å². The van der Waals surface area contributed by atoms with Gasteiger partial charge in [-0.25, -0.2) is 4.39 Å². The molecule has 8 heteroatoms. The van der Waals surface area contributed by atoms with Crippen molar-refractivity contribution >= 4 is 40.7 Å². The lowest BCUT2D eigenvalue weighted by molar-refractivity contribution is -0.124. The molecule has 1 heterocycles. The van der Waals surface area contributed by atoms with E-state index in [1.807, 2.05) is 0 Å². The summed E-state index contributed by atoms with van der Waals surface area (Å²) in [5.41, 5.74) is 0. The molecule has 1 aliphatic rings. The zero-order valence-electron chi connectivity index (χ0n) is 8.39. The molecule has 0 aromatic heterocycles. The summed E-state index contributed by atoms with van der Waals surface area (Å²) in [5, 5.41) is 2.34. The summed E-state index contributed by atoms with van der Waals surface area (Å²) in [6, 6.07) is 0. The van der Waals surface area contributed by atoms with Gasteiger partial charge in [0, 0.05) is 13.1 Å². The monoisotopic (exact) mass is 292 g/mol. The summed E-state index contributed by atoms with van der Waals surface area (Å²) in [5.74, 6) is -0.803. The first-order chi connectivity index (χ1) is 7.45. The molecule has 1 fully saturated rings. The summed E-state index contributed by atoms with van der Waals surface area (Å²) in [7, 11) is 0. The molecular formula is C8H12Cl3FN2O2. The molecule has 1 saturated heterocycles. The SMILES string of the molecule is O=C(CF)N[C@H](N1CCOCC1)C(Cl)(Cl)Cl. The van der Waals surface area contributed by atoms with Crippen LogP contribution in [0.25, 0.3) is 0 Å². The number of nitrogens with one attached hydrogen (secondary N) is 1. The van der Waals surface area contributed by atoms with Gasteiger partial charge in [0.1, 0.15) is 6.17 Å². The van der Waals surface area contributed by atoms with Gasteiger partial charge in [0.05, 0.1) is 13.2 Å². The second kappa shape index (κ2) is 6.21. The molecule has 1 rings (SSSR count). The van der Waals surface area contributed by atoms with Crippen LogP contribution in [0.4, 0.5) is 4.39 Å². The molecule has 1 atom stereocenters. The second-order valence-corrected chi connectivity index (χ2v) is 5.66. The minimum absolute atomic E-state index is 0.489. The Morgan fingerprint density at radius 2 is 2.00 bits per heavy atom. The van der Waals surface area contributed by atoms with E-state index in [1.54, 1.807) is 4.90 Å². The van der Waals surface area contributed by atoms with Crippen molar-refractivity contribution in [2.24, 2.45) is 0 Å². The predicted octanol–water partition coefficient (Wildman–Crippen LogP) is 1.10. The molecule has 0 aromatic rings. The lowest BCUT2D eigenvalue weighted by Gasteiger charge is -2.38. The Morgan fingerprint density at radius 3 is 2.44 bits per heavy atom. The third-order valence-corrected chi connectivity index (χ3v) is 2.76. The number of alkyl halides is 4. The number of nitrogens with zero attached hydrogens (tertiary/aromatic N) is 1. The molecule has 0 saturated carbocycles. The first-order valence-electron chi connectivity index (χ1n) is 4.69. The zero-order valence-corrected chi connectivity index (χ0v) is 10.7. The number of hydrogen-bond acceptors (Lipinski definition) is 3. The van der Waals surface area contributed by atoms with Gasteiger partial charge in [-0.15, -0.1) is 0 Å². The van der Waals surface area contributed by atoms with E-state index in [0.29, 0.717) is 26.3 Å². The van der Waals surface area contributed by atoms with Gasteiger partial charge in [0.25, 0.3) is 5.91 Å². The van der Waals surface area contributed by atoms with Crippen LogP contribution in [0, 0.1) is 0 Å². The minimum Gasteiger partial charge on any atom is -0.379 e. The van der Waals surface area contributed by atoms with Crippen molar-refractivity contribution in [1.82, 2.24) is 10.2 Å². The van der Waals surface area contributed by atoms with Crippen LogP contribution in [0.5, 0.6) is 0 Å². The molecule has 4 nitrogen and oxygen atoms in total. The van der Waals surface area contributed by atoms with Crippen LogP contribution in [0.2, 0.25) is 0 Å². The van der Waals surface area contributed by atoms with E-state index in [4.69, 9.17) is 39.5 Å². The molecular weight excluding hydrogens is 281 g/mol. The average Bonchev–Trinajstić information content (AvgIpc) is 2.25. The van der Waals surface area contributed by atoms with E-state index in [1.165, 1.54) is 0 Å². The van der Waals surface area contributed by atoms with Gasteiger partial charge in [-0.1, -0.05) is 34.8 Å². The largest absolute Gasteiger partial charge is 0.379 e. The highest BCUT2D eigenvalue weighted by molar-refractivity contribution is 6.68. The fourth-order valence-corrected chi connectivity index (χ4v) is 1.98. The maximum atomic E-state index is 12.1. The van der Waals surface area contributed by atoms with E-state index >= 15 is 0 Å². The molecule has 0 bridgehead atoms. The Labute approximate surface area is 108 Å². The highest BCUT2D eigenvalue weighted by atomic mass is 35.6. The van der Waals surface area contributed by atoms with Crippen LogP contribution in [-0.2, 0) is 9.53 Å². The number of halogens is 4. The van der Waals surface area contributed by atoms with Crippen molar-refractivity contribution in [3.05, 3.63) is 0 Å². The van der Waals surface area contributed by atoms with E-state index < -0.39 is 22.5 Å². The Morgan fingerprint density at radius 1 is 1.44 bits per heavy atom. The smallest absolute Gasteiger partial charge is 0.252 e. The summed E-state index contributed by atoms with van der Waals surface area (Å²) in [4.78, 5) is 12.7. The third kappa shape index (κ3) is 4.22. The average molecular weight is 294 g/mol. The first-order valence-corrected chi connectivity index (χ1v) is 5.82. The lowest BCUT2D eigenvalue weighted by atomic mass is 10.3. The van der Waals surface area contributed by atoms with Crippen LogP contribution in [0.3, 0.4) is 0 Å². The van der Waals surface area contributed by atoms with Crippen LogP contribution in [-0.4, -0.2) is 53.7 Å². The molecule has 0 aliphatic carbocycles. The highest BCUT2D eigenvalue weighted by Crippen LogP contribution is 2.32. The fourth-order valence-electron chi connectivity index (χ4n) is 1.41. The van der Waals surface area contributed by atoms with Crippen molar-refractivity contribution in [2.75, 3.05) is 33.0 Å². The topological polar surface area (TPSA) is 41.6 Å². The Bertz CT molecular complexity index is 244. The molecule has 1 N–H and O–H groups in total. The standard InChI is InChI=1S/C8H12Cl3FN2O2/c9-8(10,11)7(13-6(15)5-12)14-1-3-16-4-2-14/h7H,1-5H2,(H,13,15)/t7-/m1/s1. The summed E-state index contributed by atoms with van der Waals surface area (Å²) in [6.45, 7) is 0.878. The third-order valence-electron chi connectivity index (χ3n) is 2.14. The van der Waals surface area contributed by atoms with Gasteiger partial charge in [-0.3, -0.25) is 9.69 Å². The number of rotatable bonds is 3. The minimum atomic E-state index is -1.71. The summed E-state index contributed by atoms with van der Waals surface area (Å²) in [6.07, 6.45) is -0.843. The van der Waals surface area contributed by atoms with E-state index in [0.717, 1.165) is 0 Å². The number of amides is 1. The molecule has 0 spiro atoms. The molecule has 0 radical (unpaired) electrons. The van der Waals surface area contributed by atoms with Crippen LogP contribution >= 0.6 is 34.8 Å². The molecule has 1 amide bonds. The van der Waals surface area contributed by atoms with E-state index in [9.17, 15) is 9.18 Å². The zero-order chi connectivity index (χ0) is 12.2. The number of carbonyl (C=O) groups is 1. The maximum absolute atomic E-state index is 12.1. The van der Waals surface area contributed by atoms with Crippen molar-refractivity contribution in [3.8, 4) is 0 Å². The number of morpholine rings is 1. The van der Waals surface area contributed by atoms with Gasteiger partial charge in [0.2, 0.25) is 3.79 Å². The van der Waals surface area contributed by atoms with Crippen molar-refractivity contribution in [1.29, 1.82) is 0 Å². The Hall–Kier alpha value is 0.190. The van der Waals surface area contributed by atoms with Crippen LogP contribution in [0.1, 0.15) is 0 Å². The van der Waals surface area contributed by atoms with Gasteiger partial charge in [-0.05, 0) is 0 Å². The second-order valence-electron chi connectivity index (χ2n) is 3.29. The number of ether oxygens (including phenoxy) is 1. The predicted molar refractivity (Wildman–Crippen MR) is 60.6 cm³/mol. The highest BCUT2D eigenvalue weighted by Gasteiger charge is 2.38. The van der Waals surface area contributed by atoms with Crippen LogP contribution in [0.15, 0.2) is 0 Å². The van der Waals surface area contributed by atoms with Crippen molar-refractivity contribution in [3.63, 3.8) is 0 Å². The van der Waals surface area contributed by atoms with Gasteiger partial charge in [-0.2, -0.15) is 0 Å². The van der Waals surface area contributed by atoms with Crippen molar-refractivity contribution in [2.45, 2.75) is 9.96 Å². The molecule has 0 unspecified atom stereocenters.